The molecule has 8 heteroatoms. The molecule has 2 aromatic heterocycles. The van der Waals surface area contributed by atoms with Crippen LogP contribution in [0.15, 0.2) is 36.7 Å². The molecule has 2 aliphatic rings. The zero-order valence-electron chi connectivity index (χ0n) is 15.3. The summed E-state index contributed by atoms with van der Waals surface area (Å²) in [7, 11) is 0. The molecule has 1 aromatic carbocycles. The van der Waals surface area contributed by atoms with Crippen molar-refractivity contribution in [2.24, 2.45) is 11.1 Å². The number of nitrogens with zero attached hydrogens (tertiary/aromatic N) is 3. The molecule has 5 rings (SSSR count). The summed E-state index contributed by atoms with van der Waals surface area (Å²) >= 11 is 0. The van der Waals surface area contributed by atoms with Crippen LogP contribution in [0.25, 0.3) is 21.8 Å². The Morgan fingerprint density at radius 2 is 2.11 bits per heavy atom. The van der Waals surface area contributed by atoms with Gasteiger partial charge < -0.3 is 21.2 Å². The van der Waals surface area contributed by atoms with E-state index in [-0.39, 0.29) is 12.5 Å². The number of carbonyl (C=O) groups excluding carboxylic acids is 2. The molecular weight excluding hydrogens is 358 g/mol. The predicted octanol–water partition coefficient (Wildman–Crippen LogP) is 0.497. The van der Waals surface area contributed by atoms with Crippen LogP contribution >= 0.6 is 0 Å². The Hall–Kier alpha value is -3.13. The summed E-state index contributed by atoms with van der Waals surface area (Å²) in [4.78, 5) is 28.9. The molecule has 144 valence electrons. The number of nitrogens with two attached hydrogens (primary N) is 1. The minimum absolute atomic E-state index is 0.109. The Labute approximate surface area is 160 Å². The summed E-state index contributed by atoms with van der Waals surface area (Å²) in [5.41, 5.74) is 6.75. The summed E-state index contributed by atoms with van der Waals surface area (Å²) in [5.74, 6) is -0.658. The number of aliphatic hydroxyl groups is 1. The monoisotopic (exact) mass is 379 g/mol. The zero-order valence-corrected chi connectivity index (χ0v) is 15.3. The van der Waals surface area contributed by atoms with Gasteiger partial charge >= 0.3 is 0 Å². The van der Waals surface area contributed by atoms with Crippen molar-refractivity contribution in [2.45, 2.75) is 18.9 Å². The maximum absolute atomic E-state index is 12.6. The molecule has 1 spiro atoms. The van der Waals surface area contributed by atoms with Crippen LogP contribution in [0.2, 0.25) is 0 Å². The number of aromatic nitrogens is 2. The van der Waals surface area contributed by atoms with Crippen LogP contribution in [0.3, 0.4) is 0 Å². The molecule has 3 aromatic rings. The molecule has 2 amide bonds. The van der Waals surface area contributed by atoms with Crippen molar-refractivity contribution in [3.8, 4) is 0 Å². The summed E-state index contributed by atoms with van der Waals surface area (Å²) in [6.07, 6.45) is 3.88. The number of aliphatic hydroxyl groups excluding tert-OH is 1. The third kappa shape index (κ3) is 2.18. The molecule has 2 aliphatic heterocycles. The van der Waals surface area contributed by atoms with E-state index in [0.717, 1.165) is 22.7 Å². The number of piperidine rings is 1. The molecular formula is C20H21N5O3. The summed E-state index contributed by atoms with van der Waals surface area (Å²) in [6.45, 7) is 1.35. The van der Waals surface area contributed by atoms with Crippen LogP contribution in [0, 0.1) is 5.41 Å². The number of rotatable bonds is 2. The summed E-state index contributed by atoms with van der Waals surface area (Å²) in [6, 6.07) is 7.84. The lowest BCUT2D eigenvalue weighted by atomic mass is 9.77. The fourth-order valence-corrected chi connectivity index (χ4v) is 4.76. The Bertz CT molecular complexity index is 1120. The molecule has 0 bridgehead atoms. The second-order valence-corrected chi connectivity index (χ2v) is 7.65. The summed E-state index contributed by atoms with van der Waals surface area (Å²) < 4.78 is 1.98. The molecule has 0 aliphatic carbocycles. The minimum atomic E-state index is -0.837. The number of amides is 2. The maximum atomic E-state index is 12.6. The van der Waals surface area contributed by atoms with Gasteiger partial charge in [-0.25, -0.2) is 0 Å². The molecule has 8 nitrogen and oxygen atoms in total. The van der Waals surface area contributed by atoms with E-state index in [1.807, 2.05) is 28.9 Å². The average Bonchev–Trinajstić information content (AvgIpc) is 3.18. The van der Waals surface area contributed by atoms with E-state index >= 15 is 0 Å². The topological polar surface area (TPSA) is 113 Å². The van der Waals surface area contributed by atoms with Gasteiger partial charge in [-0.15, -0.1) is 0 Å². The standard InChI is InChI=1S/C20H21N5O3/c21-18(27)14-9-22-8-13-12-4-1-2-5-15(12)25(17(13)14)24-7-3-6-20(11-24)16(26)10-23-19(20)28/h1-2,4-5,8-9,16,26H,3,6-7,10-11H2,(H2,21,27)(H,23,28)/t16-,20-/m1/s1. The highest BCUT2D eigenvalue weighted by Gasteiger charge is 2.52. The van der Waals surface area contributed by atoms with Gasteiger partial charge in [0.1, 0.15) is 0 Å². The third-order valence-electron chi connectivity index (χ3n) is 6.15. The molecule has 0 radical (unpaired) electrons. The van der Waals surface area contributed by atoms with Crippen molar-refractivity contribution in [3.63, 3.8) is 0 Å². The number of pyridine rings is 1. The number of β-amino-alcohol motifs (C(OH)–C–C–N with tert-alkyl or cyclic N) is 1. The van der Waals surface area contributed by atoms with Gasteiger partial charge in [0.25, 0.3) is 5.91 Å². The molecule has 0 unspecified atom stereocenters. The van der Waals surface area contributed by atoms with Crippen molar-refractivity contribution in [1.29, 1.82) is 0 Å². The normalized spacial score (nSPS) is 25.0. The van der Waals surface area contributed by atoms with Gasteiger partial charge in [-0.3, -0.25) is 19.2 Å². The van der Waals surface area contributed by atoms with E-state index in [1.165, 1.54) is 6.20 Å². The second-order valence-electron chi connectivity index (χ2n) is 7.65. The van der Waals surface area contributed by atoms with Gasteiger partial charge in [-0.1, -0.05) is 18.2 Å². The van der Waals surface area contributed by atoms with Crippen LogP contribution in [0.1, 0.15) is 23.2 Å². The number of carbonyl (C=O) groups is 2. The largest absolute Gasteiger partial charge is 0.390 e. The Morgan fingerprint density at radius 1 is 1.29 bits per heavy atom. The van der Waals surface area contributed by atoms with Gasteiger partial charge in [0.15, 0.2) is 0 Å². The average molecular weight is 379 g/mol. The van der Waals surface area contributed by atoms with Crippen LogP contribution in [0.5, 0.6) is 0 Å². The van der Waals surface area contributed by atoms with Crippen molar-refractivity contribution in [2.75, 3.05) is 24.6 Å². The molecule has 0 saturated carbocycles. The van der Waals surface area contributed by atoms with Gasteiger partial charge in [0, 0.05) is 36.3 Å². The Morgan fingerprint density at radius 3 is 2.86 bits per heavy atom. The van der Waals surface area contributed by atoms with E-state index in [1.54, 1.807) is 6.20 Å². The molecule has 4 N–H and O–H groups in total. The lowest BCUT2D eigenvalue weighted by Crippen LogP contribution is -2.55. The fourth-order valence-electron chi connectivity index (χ4n) is 4.76. The van der Waals surface area contributed by atoms with Crippen LogP contribution in [0.4, 0.5) is 0 Å². The lowest BCUT2D eigenvalue weighted by molar-refractivity contribution is -0.131. The zero-order chi connectivity index (χ0) is 19.5. The Balaban J connectivity index is 1.76. The van der Waals surface area contributed by atoms with Crippen LogP contribution < -0.4 is 16.1 Å². The third-order valence-corrected chi connectivity index (χ3v) is 6.15. The first-order valence-electron chi connectivity index (χ1n) is 9.41. The first-order chi connectivity index (χ1) is 13.5. The summed E-state index contributed by atoms with van der Waals surface area (Å²) in [5, 5.41) is 17.2. The number of nitrogens with one attached hydrogen (secondary N) is 1. The first kappa shape index (κ1) is 17.0. The quantitative estimate of drug-likeness (QED) is 0.600. The smallest absolute Gasteiger partial charge is 0.252 e. The number of hydrogen-bond donors (Lipinski definition) is 3. The highest BCUT2D eigenvalue weighted by molar-refractivity contribution is 6.15. The fraction of sp³-hybridized carbons (Fsp3) is 0.350. The van der Waals surface area contributed by atoms with E-state index in [9.17, 15) is 14.7 Å². The highest BCUT2D eigenvalue weighted by Crippen LogP contribution is 2.38. The maximum Gasteiger partial charge on any atom is 0.252 e. The number of fused-ring (bicyclic) bond motifs is 3. The number of primary amides is 1. The van der Waals surface area contributed by atoms with Gasteiger partial charge in [0.2, 0.25) is 5.91 Å². The van der Waals surface area contributed by atoms with E-state index in [2.05, 4.69) is 15.3 Å². The van der Waals surface area contributed by atoms with Gasteiger partial charge in [-0.2, -0.15) is 0 Å². The van der Waals surface area contributed by atoms with Gasteiger partial charge in [0.05, 0.1) is 34.7 Å². The van der Waals surface area contributed by atoms with E-state index < -0.39 is 17.4 Å². The molecule has 2 saturated heterocycles. The molecule has 2 fully saturated rings. The van der Waals surface area contributed by atoms with Gasteiger partial charge in [-0.05, 0) is 18.9 Å². The SMILES string of the molecule is NC(=O)c1cncc2c3ccccc3n(N3CCC[C@]4(C3)C(=O)NC[C@H]4O)c12. The number of para-hydroxylation sites is 1. The van der Waals surface area contributed by atoms with Crippen molar-refractivity contribution >= 4 is 33.6 Å². The van der Waals surface area contributed by atoms with Crippen LogP contribution in [-0.2, 0) is 4.79 Å². The highest BCUT2D eigenvalue weighted by atomic mass is 16.3. The number of benzene rings is 1. The van der Waals surface area contributed by atoms with Crippen molar-refractivity contribution in [3.05, 3.63) is 42.2 Å². The van der Waals surface area contributed by atoms with E-state index in [4.69, 9.17) is 5.73 Å². The number of hydrogen-bond acceptors (Lipinski definition) is 5. The lowest BCUT2D eigenvalue weighted by Gasteiger charge is -2.42. The van der Waals surface area contributed by atoms with Crippen LogP contribution in [-0.4, -0.2) is 52.3 Å². The second kappa shape index (κ2) is 5.93. The minimum Gasteiger partial charge on any atom is -0.390 e. The Kier molecular flexibility index (Phi) is 3.60. The predicted molar refractivity (Wildman–Crippen MR) is 104 cm³/mol. The van der Waals surface area contributed by atoms with Crippen molar-refractivity contribution in [1.82, 2.24) is 15.0 Å². The molecule has 28 heavy (non-hydrogen) atoms. The van der Waals surface area contributed by atoms with E-state index in [0.29, 0.717) is 30.6 Å². The first-order valence-corrected chi connectivity index (χ1v) is 9.41. The molecule has 4 heterocycles. The van der Waals surface area contributed by atoms with Crippen molar-refractivity contribution < 1.29 is 14.7 Å². The molecule has 2 atom stereocenters.